The number of benzene rings is 1. The van der Waals surface area contributed by atoms with Crippen LogP contribution in [0.5, 0.6) is 0 Å². The van der Waals surface area contributed by atoms with Crippen LogP contribution in [0.2, 0.25) is 0 Å². The summed E-state index contributed by atoms with van der Waals surface area (Å²) in [6.07, 6.45) is 1.23. The summed E-state index contributed by atoms with van der Waals surface area (Å²) in [5.74, 6) is 1.19. The highest BCUT2D eigenvalue weighted by Crippen LogP contribution is 2.33. The van der Waals surface area contributed by atoms with Gasteiger partial charge in [-0.3, -0.25) is 4.90 Å². The fourth-order valence-electron chi connectivity index (χ4n) is 2.72. The van der Waals surface area contributed by atoms with Gasteiger partial charge in [-0.05, 0) is 30.5 Å². The minimum absolute atomic E-state index is 0.344. The fraction of sp³-hybridized carbons (Fsp3) is 0.625. The Bertz CT molecular complexity index is 462. The van der Waals surface area contributed by atoms with Gasteiger partial charge in [0.15, 0.2) is 0 Å². The Morgan fingerprint density at radius 2 is 2.15 bits per heavy atom. The summed E-state index contributed by atoms with van der Waals surface area (Å²) in [5.41, 5.74) is 8.71. The molecule has 0 amide bonds. The van der Waals surface area contributed by atoms with Crippen molar-refractivity contribution in [1.82, 2.24) is 4.90 Å². The third kappa shape index (κ3) is 4.00. The number of hydrogen-bond acceptors (Lipinski definition) is 3. The van der Waals surface area contributed by atoms with Crippen LogP contribution in [0.4, 0.5) is 0 Å². The van der Waals surface area contributed by atoms with Gasteiger partial charge in [0.25, 0.3) is 0 Å². The molecule has 1 unspecified atom stereocenters. The first-order valence-corrected chi connectivity index (χ1v) is 9.05. The summed E-state index contributed by atoms with van der Waals surface area (Å²) >= 11 is 5.66. The predicted molar refractivity (Wildman–Crippen MR) is 93.4 cm³/mol. The maximum atomic E-state index is 6.08. The van der Waals surface area contributed by atoms with Crippen LogP contribution < -0.4 is 5.73 Å². The van der Waals surface area contributed by atoms with E-state index in [2.05, 4.69) is 71.6 Å². The first-order chi connectivity index (χ1) is 9.43. The number of thioether (sulfide) groups is 1. The van der Waals surface area contributed by atoms with Crippen LogP contribution >= 0.6 is 27.7 Å². The molecule has 1 heterocycles. The second-order valence-corrected chi connectivity index (χ2v) is 8.81. The highest BCUT2D eigenvalue weighted by molar-refractivity contribution is 9.10. The molecule has 20 heavy (non-hydrogen) atoms. The number of aryl methyl sites for hydroxylation is 1. The molecule has 1 saturated heterocycles. The minimum atomic E-state index is 0.344. The number of nitrogens with two attached hydrogens (primary N) is 1. The van der Waals surface area contributed by atoms with Gasteiger partial charge in [0.1, 0.15) is 0 Å². The van der Waals surface area contributed by atoms with E-state index in [4.69, 9.17) is 5.73 Å². The molecule has 112 valence electrons. The van der Waals surface area contributed by atoms with Gasteiger partial charge < -0.3 is 5.73 Å². The summed E-state index contributed by atoms with van der Waals surface area (Å²) < 4.78 is 1.56. The van der Waals surface area contributed by atoms with Crippen molar-refractivity contribution in [2.45, 2.75) is 38.0 Å². The van der Waals surface area contributed by atoms with Crippen LogP contribution in [0.3, 0.4) is 0 Å². The van der Waals surface area contributed by atoms with Crippen molar-refractivity contribution < 1.29 is 0 Å². The van der Waals surface area contributed by atoms with E-state index in [1.165, 1.54) is 27.8 Å². The molecule has 1 aliphatic rings. The second-order valence-electron chi connectivity index (χ2n) is 6.15. The predicted octanol–water partition coefficient (Wildman–Crippen LogP) is 3.97. The molecular weight excluding hydrogens is 332 g/mol. The monoisotopic (exact) mass is 356 g/mol. The molecule has 1 aromatic carbocycles. The summed E-state index contributed by atoms with van der Waals surface area (Å²) in [7, 11) is 0. The summed E-state index contributed by atoms with van der Waals surface area (Å²) in [6, 6.07) is 6.96. The van der Waals surface area contributed by atoms with Crippen molar-refractivity contribution in [3.8, 4) is 0 Å². The molecule has 2 nitrogen and oxygen atoms in total. The number of nitrogens with zero attached hydrogens (tertiary/aromatic N) is 1. The van der Waals surface area contributed by atoms with Gasteiger partial charge in [-0.2, -0.15) is 11.8 Å². The van der Waals surface area contributed by atoms with E-state index in [-0.39, 0.29) is 0 Å². The zero-order chi connectivity index (χ0) is 14.8. The molecule has 0 saturated carbocycles. The molecular formula is C16H25BrN2S. The van der Waals surface area contributed by atoms with Crippen LogP contribution in [0.1, 0.15) is 37.4 Å². The standard InChI is InChI=1S/C16H25BrN2S/c1-12-10-13(4-5-14(12)17)15(11-18)19-7-6-16(2,3)20-9-8-19/h4-5,10,15H,6-9,11,18H2,1-3H3. The largest absolute Gasteiger partial charge is 0.329 e. The average Bonchev–Trinajstić information content (AvgIpc) is 2.56. The Balaban J connectivity index is 2.17. The van der Waals surface area contributed by atoms with Crippen LogP contribution in [-0.2, 0) is 0 Å². The quantitative estimate of drug-likeness (QED) is 0.887. The molecule has 4 heteroatoms. The maximum absolute atomic E-state index is 6.08. The maximum Gasteiger partial charge on any atom is 0.0470 e. The smallest absolute Gasteiger partial charge is 0.0470 e. The molecule has 1 aliphatic heterocycles. The van der Waals surface area contributed by atoms with E-state index in [9.17, 15) is 0 Å². The molecule has 1 aromatic rings. The molecule has 2 rings (SSSR count). The Hall–Kier alpha value is -0.0300. The van der Waals surface area contributed by atoms with Crippen molar-refractivity contribution in [2.75, 3.05) is 25.4 Å². The number of rotatable bonds is 3. The molecule has 0 aromatic heterocycles. The van der Waals surface area contributed by atoms with Gasteiger partial charge in [-0.15, -0.1) is 0 Å². The lowest BCUT2D eigenvalue weighted by Gasteiger charge is -2.30. The van der Waals surface area contributed by atoms with Crippen molar-refractivity contribution >= 4 is 27.7 Å². The average molecular weight is 357 g/mol. The zero-order valence-corrected chi connectivity index (χ0v) is 15.1. The Morgan fingerprint density at radius 3 is 2.80 bits per heavy atom. The summed E-state index contributed by atoms with van der Waals surface area (Å²) in [6.45, 7) is 9.79. The van der Waals surface area contributed by atoms with E-state index in [1.54, 1.807) is 0 Å². The van der Waals surface area contributed by atoms with Gasteiger partial charge in [0.05, 0.1) is 0 Å². The summed E-state index contributed by atoms with van der Waals surface area (Å²) in [5, 5.41) is 0. The number of halogens is 1. The van der Waals surface area contributed by atoms with Crippen LogP contribution in [0.15, 0.2) is 22.7 Å². The lowest BCUT2D eigenvalue weighted by Crippen LogP contribution is -2.36. The van der Waals surface area contributed by atoms with Crippen LogP contribution in [0, 0.1) is 6.92 Å². The molecule has 0 bridgehead atoms. The molecule has 1 fully saturated rings. The Kier molecular flexibility index (Phi) is 5.57. The summed E-state index contributed by atoms with van der Waals surface area (Å²) in [4.78, 5) is 2.56. The van der Waals surface area contributed by atoms with Gasteiger partial charge in [0.2, 0.25) is 0 Å². The van der Waals surface area contributed by atoms with Gasteiger partial charge in [-0.25, -0.2) is 0 Å². The molecule has 1 atom stereocenters. The van der Waals surface area contributed by atoms with E-state index in [0.29, 0.717) is 17.3 Å². The molecule has 0 spiro atoms. The zero-order valence-electron chi connectivity index (χ0n) is 12.7. The van der Waals surface area contributed by atoms with E-state index in [1.807, 2.05) is 0 Å². The topological polar surface area (TPSA) is 29.3 Å². The van der Waals surface area contributed by atoms with Crippen molar-refractivity contribution in [1.29, 1.82) is 0 Å². The third-order valence-corrected chi connectivity index (χ3v) is 6.37. The molecule has 0 aliphatic carbocycles. The van der Waals surface area contributed by atoms with E-state index < -0.39 is 0 Å². The van der Waals surface area contributed by atoms with Gasteiger partial charge >= 0.3 is 0 Å². The number of hydrogen-bond donors (Lipinski definition) is 1. The van der Waals surface area contributed by atoms with E-state index in [0.717, 1.165) is 13.1 Å². The Labute approximate surface area is 135 Å². The normalized spacial score (nSPS) is 21.4. The SMILES string of the molecule is Cc1cc(C(CN)N2CCSC(C)(C)CC2)ccc1Br. The first-order valence-electron chi connectivity index (χ1n) is 7.27. The van der Waals surface area contributed by atoms with Crippen LogP contribution in [-0.4, -0.2) is 35.0 Å². The van der Waals surface area contributed by atoms with Gasteiger partial charge in [0, 0.05) is 40.6 Å². The highest BCUT2D eigenvalue weighted by Gasteiger charge is 2.27. The third-order valence-electron chi connectivity index (χ3n) is 4.10. The Morgan fingerprint density at radius 1 is 1.40 bits per heavy atom. The molecule has 0 radical (unpaired) electrons. The fourth-order valence-corrected chi connectivity index (χ4v) is 4.08. The van der Waals surface area contributed by atoms with Crippen molar-refractivity contribution in [3.63, 3.8) is 0 Å². The van der Waals surface area contributed by atoms with Crippen molar-refractivity contribution in [3.05, 3.63) is 33.8 Å². The first kappa shape index (κ1) is 16.3. The lowest BCUT2D eigenvalue weighted by atomic mass is 10.0. The van der Waals surface area contributed by atoms with Crippen molar-refractivity contribution in [2.24, 2.45) is 5.73 Å². The van der Waals surface area contributed by atoms with Gasteiger partial charge in [-0.1, -0.05) is 41.9 Å². The molecule has 2 N–H and O–H groups in total. The lowest BCUT2D eigenvalue weighted by molar-refractivity contribution is 0.211. The second kappa shape index (κ2) is 6.82. The highest BCUT2D eigenvalue weighted by atomic mass is 79.9. The van der Waals surface area contributed by atoms with Crippen LogP contribution in [0.25, 0.3) is 0 Å². The minimum Gasteiger partial charge on any atom is -0.329 e. The van der Waals surface area contributed by atoms with E-state index >= 15 is 0 Å².